The summed E-state index contributed by atoms with van der Waals surface area (Å²) >= 11 is 5.73. The zero-order valence-corrected chi connectivity index (χ0v) is 12.0. The van der Waals surface area contributed by atoms with Gasteiger partial charge in [0, 0.05) is 12.4 Å². The maximum Gasteiger partial charge on any atom is 0.290 e. The number of nitriles is 1. The number of hydrogen-bond donors (Lipinski definition) is 0. The first-order valence-electron chi connectivity index (χ1n) is 6.20. The van der Waals surface area contributed by atoms with Gasteiger partial charge in [-0.25, -0.2) is 4.98 Å². The molecule has 1 unspecified atom stereocenters. The van der Waals surface area contributed by atoms with E-state index in [1.54, 1.807) is 47.3 Å². The molecule has 7 nitrogen and oxygen atoms in total. The van der Waals surface area contributed by atoms with Crippen LogP contribution in [0.1, 0.15) is 5.56 Å². The normalized spacial score (nSPS) is 12.5. The van der Waals surface area contributed by atoms with Gasteiger partial charge in [0.1, 0.15) is 16.7 Å². The highest BCUT2D eigenvalue weighted by Crippen LogP contribution is 2.06. The topological polar surface area (TPSA) is 100 Å². The molecule has 0 radical (unpaired) electrons. The molecule has 0 saturated heterocycles. The zero-order chi connectivity index (χ0) is 15.9. The largest absolute Gasteiger partial charge is 0.328 e. The van der Waals surface area contributed by atoms with Crippen molar-refractivity contribution in [2.45, 2.75) is 12.6 Å². The van der Waals surface area contributed by atoms with E-state index in [2.05, 4.69) is 15.2 Å². The molecule has 0 aliphatic heterocycles. The smallest absolute Gasteiger partial charge is 0.290 e. The van der Waals surface area contributed by atoms with Crippen LogP contribution in [-0.2, 0) is 11.3 Å². The lowest BCUT2D eigenvalue weighted by Gasteiger charge is -2.07. The molecule has 2 heterocycles. The summed E-state index contributed by atoms with van der Waals surface area (Å²) in [5.74, 6) is -0.897. The molecule has 0 saturated carbocycles. The molecule has 0 fully saturated rings. The first kappa shape index (κ1) is 15.5. The standard InChI is InChI=1S/C14H10ClN5O2/c15-12-5-4-10(8-17-12)9-20-6-2-1-3-13(20)18-14(21)11(7-16)19-22/h1-6,8,11H,9H2. The Morgan fingerprint density at radius 1 is 1.41 bits per heavy atom. The Hall–Kier alpha value is -2.85. The second kappa shape index (κ2) is 7.24. The number of carbonyl (C=O) groups excluding carboxylic acids is 1. The second-order valence-corrected chi connectivity index (χ2v) is 4.65. The van der Waals surface area contributed by atoms with Gasteiger partial charge in [0.05, 0.1) is 6.54 Å². The number of pyridine rings is 2. The van der Waals surface area contributed by atoms with Gasteiger partial charge in [-0.1, -0.05) is 23.7 Å². The molecule has 0 spiro atoms. The van der Waals surface area contributed by atoms with Crippen molar-refractivity contribution in [3.05, 3.63) is 63.8 Å². The number of carbonyl (C=O) groups is 1. The molecule has 8 heteroatoms. The van der Waals surface area contributed by atoms with Gasteiger partial charge < -0.3 is 4.57 Å². The number of halogens is 1. The average Bonchev–Trinajstić information content (AvgIpc) is 2.52. The molecule has 2 rings (SSSR count). The van der Waals surface area contributed by atoms with Crippen molar-refractivity contribution in [1.82, 2.24) is 9.55 Å². The molecule has 0 bridgehead atoms. The van der Waals surface area contributed by atoms with E-state index in [1.807, 2.05) is 0 Å². The van der Waals surface area contributed by atoms with Gasteiger partial charge in [-0.05, 0) is 28.9 Å². The van der Waals surface area contributed by atoms with Crippen molar-refractivity contribution >= 4 is 17.5 Å². The summed E-state index contributed by atoms with van der Waals surface area (Å²) in [5.41, 5.74) is 1.17. The fourth-order valence-corrected chi connectivity index (χ4v) is 1.81. The van der Waals surface area contributed by atoms with Crippen LogP contribution in [-0.4, -0.2) is 21.5 Å². The minimum atomic E-state index is -1.63. The van der Waals surface area contributed by atoms with Gasteiger partial charge >= 0.3 is 0 Å². The highest BCUT2D eigenvalue weighted by atomic mass is 35.5. The minimum absolute atomic E-state index is 0.311. The van der Waals surface area contributed by atoms with E-state index >= 15 is 0 Å². The van der Waals surface area contributed by atoms with Gasteiger partial charge in [-0.15, -0.1) is 4.91 Å². The molecule has 0 N–H and O–H groups in total. The van der Waals surface area contributed by atoms with Crippen LogP contribution in [0.5, 0.6) is 0 Å². The second-order valence-electron chi connectivity index (χ2n) is 4.26. The highest BCUT2D eigenvalue weighted by Gasteiger charge is 2.17. The van der Waals surface area contributed by atoms with Crippen molar-refractivity contribution in [2.75, 3.05) is 0 Å². The third-order valence-electron chi connectivity index (χ3n) is 2.74. The number of nitrogens with zero attached hydrogens (tertiary/aromatic N) is 5. The molecular weight excluding hydrogens is 306 g/mol. The van der Waals surface area contributed by atoms with E-state index in [1.165, 1.54) is 6.07 Å². The highest BCUT2D eigenvalue weighted by molar-refractivity contribution is 6.29. The van der Waals surface area contributed by atoms with E-state index < -0.39 is 11.9 Å². The van der Waals surface area contributed by atoms with E-state index in [9.17, 15) is 9.70 Å². The van der Waals surface area contributed by atoms with Crippen LogP contribution >= 0.6 is 11.6 Å². The fraction of sp³-hybridized carbons (Fsp3) is 0.143. The Bertz CT molecular complexity index is 792. The summed E-state index contributed by atoms with van der Waals surface area (Å²) in [6, 6.07) is 8.37. The lowest BCUT2D eigenvalue weighted by atomic mass is 10.3. The maximum absolute atomic E-state index is 11.7. The Kier molecular flexibility index (Phi) is 5.11. The number of nitroso groups, excluding NO2 is 1. The molecule has 0 aromatic carbocycles. The Balaban J connectivity index is 2.34. The summed E-state index contributed by atoms with van der Waals surface area (Å²) in [7, 11) is 0. The summed E-state index contributed by atoms with van der Waals surface area (Å²) < 4.78 is 1.68. The molecule has 0 aliphatic carbocycles. The molecule has 2 aromatic rings. The Morgan fingerprint density at radius 3 is 2.86 bits per heavy atom. The molecule has 0 aliphatic rings. The summed E-state index contributed by atoms with van der Waals surface area (Å²) in [4.78, 5) is 29.8. The molecule has 2 aromatic heterocycles. The van der Waals surface area contributed by atoms with Crippen LogP contribution < -0.4 is 5.49 Å². The predicted octanol–water partition coefficient (Wildman–Crippen LogP) is 1.67. The Morgan fingerprint density at radius 2 is 2.23 bits per heavy atom. The van der Waals surface area contributed by atoms with E-state index in [0.717, 1.165) is 5.56 Å². The summed E-state index contributed by atoms with van der Waals surface area (Å²) in [6.07, 6.45) is 3.33. The van der Waals surface area contributed by atoms with Gasteiger partial charge in [-0.3, -0.25) is 4.79 Å². The lowest BCUT2D eigenvalue weighted by molar-refractivity contribution is -0.118. The van der Waals surface area contributed by atoms with E-state index in [4.69, 9.17) is 16.9 Å². The summed E-state index contributed by atoms with van der Waals surface area (Å²) in [5, 5.41) is 11.5. The fourth-order valence-electron chi connectivity index (χ4n) is 1.70. The zero-order valence-electron chi connectivity index (χ0n) is 11.3. The average molecular weight is 316 g/mol. The molecule has 1 amide bonds. The number of amides is 1. The van der Waals surface area contributed by atoms with Crippen LogP contribution in [0.25, 0.3) is 0 Å². The first-order chi connectivity index (χ1) is 10.6. The molecule has 110 valence electrons. The molecule has 22 heavy (non-hydrogen) atoms. The van der Waals surface area contributed by atoms with Gasteiger partial charge in [0.25, 0.3) is 11.9 Å². The van der Waals surface area contributed by atoms with Gasteiger partial charge in [0.15, 0.2) is 0 Å². The first-order valence-corrected chi connectivity index (χ1v) is 6.58. The van der Waals surface area contributed by atoms with Gasteiger partial charge in [-0.2, -0.15) is 10.3 Å². The quantitative estimate of drug-likeness (QED) is 0.632. The van der Waals surface area contributed by atoms with Gasteiger partial charge in [0.2, 0.25) is 0 Å². The van der Waals surface area contributed by atoms with Crippen molar-refractivity contribution in [3.63, 3.8) is 0 Å². The van der Waals surface area contributed by atoms with Crippen molar-refractivity contribution < 1.29 is 4.79 Å². The van der Waals surface area contributed by atoms with Crippen molar-refractivity contribution in [1.29, 1.82) is 5.26 Å². The third kappa shape index (κ3) is 3.84. The third-order valence-corrected chi connectivity index (χ3v) is 2.97. The van der Waals surface area contributed by atoms with Crippen LogP contribution in [0, 0.1) is 16.2 Å². The summed E-state index contributed by atoms with van der Waals surface area (Å²) in [6.45, 7) is 0.406. The number of hydrogen-bond acceptors (Lipinski definition) is 5. The van der Waals surface area contributed by atoms with E-state index in [-0.39, 0.29) is 0 Å². The van der Waals surface area contributed by atoms with Crippen LogP contribution in [0.3, 0.4) is 0 Å². The monoisotopic (exact) mass is 315 g/mol. The van der Waals surface area contributed by atoms with Crippen molar-refractivity contribution in [2.24, 2.45) is 10.2 Å². The minimum Gasteiger partial charge on any atom is -0.328 e. The predicted molar refractivity (Wildman–Crippen MR) is 78.5 cm³/mol. The number of aromatic nitrogens is 2. The number of rotatable bonds is 4. The van der Waals surface area contributed by atoms with E-state index in [0.29, 0.717) is 17.2 Å². The van der Waals surface area contributed by atoms with Crippen molar-refractivity contribution in [3.8, 4) is 6.07 Å². The SMILES string of the molecule is N#CC(N=O)C(=O)N=c1ccccn1Cc1ccc(Cl)nc1. The maximum atomic E-state index is 11.7. The lowest BCUT2D eigenvalue weighted by Crippen LogP contribution is -2.25. The molecule has 1 atom stereocenters. The van der Waals surface area contributed by atoms with Crippen LogP contribution in [0.2, 0.25) is 5.15 Å². The Labute approximate surface area is 130 Å². The molecular formula is C14H10ClN5O2. The van der Waals surface area contributed by atoms with Crippen LogP contribution in [0.4, 0.5) is 0 Å². The van der Waals surface area contributed by atoms with Crippen LogP contribution in [0.15, 0.2) is 52.9 Å².